The number of aryl methyl sites for hydroxylation is 2. The number of rotatable bonds is 5. The van der Waals surface area contributed by atoms with Gasteiger partial charge in [-0.15, -0.1) is 11.3 Å². The van der Waals surface area contributed by atoms with Crippen LogP contribution in [0.15, 0.2) is 27.7 Å². The fourth-order valence-corrected chi connectivity index (χ4v) is 3.50. The van der Waals surface area contributed by atoms with Crippen molar-refractivity contribution in [3.8, 4) is 0 Å². The van der Waals surface area contributed by atoms with Gasteiger partial charge in [0.1, 0.15) is 5.82 Å². The molecule has 0 fully saturated rings. The van der Waals surface area contributed by atoms with Crippen LogP contribution in [0.5, 0.6) is 0 Å². The van der Waals surface area contributed by atoms with E-state index in [0.29, 0.717) is 12.5 Å². The molecule has 0 saturated carbocycles. The summed E-state index contributed by atoms with van der Waals surface area (Å²) in [4.78, 5) is 9.95. The fraction of sp³-hybridized carbons (Fsp3) is 0.375. The first kappa shape index (κ1) is 17.9. The lowest BCUT2D eigenvalue weighted by Crippen LogP contribution is -2.37. The molecule has 1 heterocycles. The number of guanidine groups is 1. The average molecular weight is 399 g/mol. The van der Waals surface area contributed by atoms with Gasteiger partial charge in [0.05, 0.1) is 10.7 Å². The van der Waals surface area contributed by atoms with Crippen molar-refractivity contribution in [3.05, 3.63) is 49.6 Å². The van der Waals surface area contributed by atoms with Crippen molar-refractivity contribution in [2.45, 2.75) is 26.8 Å². The molecule has 2 aromatic rings. The zero-order chi connectivity index (χ0) is 16.8. The van der Waals surface area contributed by atoms with Gasteiger partial charge in [-0.05, 0) is 37.6 Å². The van der Waals surface area contributed by atoms with Crippen LogP contribution in [0.1, 0.15) is 21.1 Å². The molecule has 0 radical (unpaired) electrons. The number of nitrogens with zero attached hydrogens (tertiary/aromatic N) is 2. The van der Waals surface area contributed by atoms with E-state index >= 15 is 0 Å². The van der Waals surface area contributed by atoms with Crippen LogP contribution >= 0.6 is 27.3 Å². The zero-order valence-corrected chi connectivity index (χ0v) is 15.8. The van der Waals surface area contributed by atoms with E-state index in [1.165, 1.54) is 17.0 Å². The maximum absolute atomic E-state index is 13.3. The van der Waals surface area contributed by atoms with E-state index in [4.69, 9.17) is 0 Å². The molecule has 0 aliphatic heterocycles. The lowest BCUT2D eigenvalue weighted by molar-refractivity contribution is 0.623. The van der Waals surface area contributed by atoms with Crippen molar-refractivity contribution in [2.75, 3.05) is 13.6 Å². The maximum Gasteiger partial charge on any atom is 0.191 e. The van der Waals surface area contributed by atoms with Crippen LogP contribution in [0.4, 0.5) is 4.39 Å². The van der Waals surface area contributed by atoms with Crippen LogP contribution in [0.25, 0.3) is 0 Å². The number of hydrogen-bond acceptors (Lipinski definition) is 3. The van der Waals surface area contributed by atoms with Gasteiger partial charge in [0.25, 0.3) is 0 Å². The summed E-state index contributed by atoms with van der Waals surface area (Å²) < 4.78 is 14.1. The summed E-state index contributed by atoms with van der Waals surface area (Å²) in [6.45, 7) is 5.37. The minimum atomic E-state index is -0.256. The molecule has 0 spiro atoms. The first-order valence-corrected chi connectivity index (χ1v) is 8.91. The standard InChI is InChI=1S/C16H20BrFN4S/c1-10-11(2)23-15(22-10)4-5-20-16(19-3)21-9-12-6-13(17)8-14(18)7-12/h6-8H,4-5,9H2,1-3H3,(H2,19,20,21). The third kappa shape index (κ3) is 5.58. The van der Waals surface area contributed by atoms with Gasteiger partial charge in [-0.2, -0.15) is 0 Å². The molecule has 2 rings (SSSR count). The Kier molecular flexibility index (Phi) is 6.53. The molecule has 1 aromatic carbocycles. The lowest BCUT2D eigenvalue weighted by Gasteiger charge is -2.11. The smallest absolute Gasteiger partial charge is 0.191 e. The number of thiazole rings is 1. The highest BCUT2D eigenvalue weighted by Crippen LogP contribution is 2.16. The van der Waals surface area contributed by atoms with E-state index < -0.39 is 0 Å². The first-order chi connectivity index (χ1) is 11.0. The van der Waals surface area contributed by atoms with Crippen LogP contribution in [-0.4, -0.2) is 24.5 Å². The molecule has 0 bridgehead atoms. The van der Waals surface area contributed by atoms with Gasteiger partial charge in [0.2, 0.25) is 0 Å². The van der Waals surface area contributed by atoms with Gasteiger partial charge >= 0.3 is 0 Å². The highest BCUT2D eigenvalue weighted by molar-refractivity contribution is 9.10. The third-order valence-electron chi connectivity index (χ3n) is 3.31. The predicted octanol–water partition coefficient (Wildman–Crippen LogP) is 3.57. The van der Waals surface area contributed by atoms with Crippen LogP contribution in [-0.2, 0) is 13.0 Å². The predicted molar refractivity (Wildman–Crippen MR) is 97.6 cm³/mol. The number of hydrogen-bond donors (Lipinski definition) is 2. The molecular formula is C16H20BrFN4S. The number of nitrogens with one attached hydrogen (secondary N) is 2. The fourth-order valence-electron chi connectivity index (χ4n) is 2.05. The Hall–Kier alpha value is -1.47. The molecule has 23 heavy (non-hydrogen) atoms. The molecule has 2 N–H and O–H groups in total. The normalized spacial score (nSPS) is 11.6. The Bertz CT molecular complexity index is 660. The average Bonchev–Trinajstić information content (AvgIpc) is 2.80. The Morgan fingerprint density at radius 1 is 1.30 bits per heavy atom. The van der Waals surface area contributed by atoms with Crippen molar-refractivity contribution in [1.82, 2.24) is 15.6 Å². The lowest BCUT2D eigenvalue weighted by atomic mass is 10.2. The van der Waals surface area contributed by atoms with E-state index in [9.17, 15) is 4.39 Å². The highest BCUT2D eigenvalue weighted by atomic mass is 79.9. The first-order valence-electron chi connectivity index (χ1n) is 7.30. The summed E-state index contributed by atoms with van der Waals surface area (Å²) in [7, 11) is 1.72. The minimum Gasteiger partial charge on any atom is -0.356 e. The summed E-state index contributed by atoms with van der Waals surface area (Å²) in [6, 6.07) is 4.82. The molecule has 4 nitrogen and oxygen atoms in total. The number of aliphatic imine (C=N–C) groups is 1. The van der Waals surface area contributed by atoms with Crippen LogP contribution < -0.4 is 10.6 Å². The Morgan fingerprint density at radius 2 is 2.09 bits per heavy atom. The van der Waals surface area contributed by atoms with Gasteiger partial charge in [-0.1, -0.05) is 15.9 Å². The Morgan fingerprint density at radius 3 is 2.70 bits per heavy atom. The molecule has 0 atom stereocenters. The summed E-state index contributed by atoms with van der Waals surface area (Å²) in [6.07, 6.45) is 0.853. The van der Waals surface area contributed by atoms with Crippen LogP contribution in [0, 0.1) is 19.7 Å². The van der Waals surface area contributed by atoms with Gasteiger partial charge in [0, 0.05) is 35.9 Å². The molecule has 1 aromatic heterocycles. The summed E-state index contributed by atoms with van der Waals surface area (Å²) >= 11 is 5.02. The highest BCUT2D eigenvalue weighted by Gasteiger charge is 2.05. The quantitative estimate of drug-likeness (QED) is 0.597. The van der Waals surface area contributed by atoms with E-state index in [1.54, 1.807) is 18.4 Å². The van der Waals surface area contributed by atoms with Gasteiger partial charge in [-0.25, -0.2) is 9.37 Å². The molecule has 124 valence electrons. The third-order valence-corrected chi connectivity index (χ3v) is 4.90. The molecule has 0 unspecified atom stereocenters. The molecule has 0 aliphatic rings. The van der Waals surface area contributed by atoms with Crippen LogP contribution in [0.2, 0.25) is 0 Å². The van der Waals surface area contributed by atoms with E-state index in [1.807, 2.05) is 13.0 Å². The Labute approximate surface area is 148 Å². The second-order valence-electron chi connectivity index (χ2n) is 5.13. The monoisotopic (exact) mass is 398 g/mol. The van der Waals surface area contributed by atoms with E-state index in [-0.39, 0.29) is 5.82 Å². The topological polar surface area (TPSA) is 49.3 Å². The maximum atomic E-state index is 13.3. The SMILES string of the molecule is CN=C(NCCc1nc(C)c(C)s1)NCc1cc(F)cc(Br)c1. The van der Waals surface area contributed by atoms with E-state index in [0.717, 1.165) is 33.7 Å². The van der Waals surface area contributed by atoms with Crippen molar-refractivity contribution < 1.29 is 4.39 Å². The van der Waals surface area contributed by atoms with Gasteiger partial charge in [-0.3, -0.25) is 4.99 Å². The molecule has 0 amide bonds. The number of halogens is 2. The van der Waals surface area contributed by atoms with E-state index in [2.05, 4.69) is 43.5 Å². The van der Waals surface area contributed by atoms with Gasteiger partial charge < -0.3 is 10.6 Å². The largest absolute Gasteiger partial charge is 0.356 e. The summed E-state index contributed by atoms with van der Waals surface area (Å²) in [5.41, 5.74) is 1.95. The zero-order valence-electron chi connectivity index (χ0n) is 13.4. The van der Waals surface area contributed by atoms with Crippen molar-refractivity contribution in [2.24, 2.45) is 4.99 Å². The number of aromatic nitrogens is 1. The van der Waals surface area contributed by atoms with Crippen molar-refractivity contribution in [3.63, 3.8) is 0 Å². The van der Waals surface area contributed by atoms with Crippen molar-refractivity contribution in [1.29, 1.82) is 0 Å². The molecule has 0 aliphatic carbocycles. The van der Waals surface area contributed by atoms with Crippen molar-refractivity contribution >= 4 is 33.2 Å². The number of benzene rings is 1. The molecule has 0 saturated heterocycles. The summed E-state index contributed by atoms with van der Waals surface area (Å²) in [5, 5.41) is 7.55. The van der Waals surface area contributed by atoms with Gasteiger partial charge in [0.15, 0.2) is 5.96 Å². The second-order valence-corrected chi connectivity index (χ2v) is 7.33. The molecular weight excluding hydrogens is 379 g/mol. The summed E-state index contributed by atoms with van der Waals surface area (Å²) in [5.74, 6) is 0.434. The minimum absolute atomic E-state index is 0.256. The molecule has 7 heteroatoms. The van der Waals surface area contributed by atoms with Crippen LogP contribution in [0.3, 0.4) is 0 Å². The Balaban J connectivity index is 1.81. The second kappa shape index (κ2) is 8.40.